The highest BCUT2D eigenvalue weighted by molar-refractivity contribution is 6.68. The van der Waals surface area contributed by atoms with Crippen LogP contribution in [0.4, 0.5) is 0 Å². The molecular formula is C9H8BClO3. The van der Waals surface area contributed by atoms with Gasteiger partial charge in [0.2, 0.25) is 0 Å². The standard InChI is InChI=1S/C9H8BClO3/c11-9(12)7-1-3-8(4-2-7)10-13-5-6-14-10/h1-4H,5-6H2. The summed E-state index contributed by atoms with van der Waals surface area (Å²) in [7, 11) is -0.297. The normalized spacial score (nSPS) is 15.9. The number of carbonyl (C=O) groups is 1. The average molecular weight is 210 g/mol. The third kappa shape index (κ3) is 1.98. The fraction of sp³-hybridized carbons (Fsp3) is 0.222. The molecule has 0 amide bonds. The molecule has 72 valence electrons. The van der Waals surface area contributed by atoms with E-state index in [-0.39, 0.29) is 7.12 Å². The van der Waals surface area contributed by atoms with E-state index in [9.17, 15) is 4.79 Å². The van der Waals surface area contributed by atoms with Crippen LogP contribution >= 0.6 is 11.6 Å². The average Bonchev–Trinajstić information content (AvgIpc) is 2.71. The summed E-state index contributed by atoms with van der Waals surface area (Å²) in [6.45, 7) is 1.22. The molecule has 1 aromatic rings. The summed E-state index contributed by atoms with van der Waals surface area (Å²) in [6.07, 6.45) is 0. The third-order valence-corrected chi connectivity index (χ3v) is 2.25. The van der Waals surface area contributed by atoms with Gasteiger partial charge in [0.05, 0.1) is 13.2 Å². The molecule has 2 rings (SSSR count). The Morgan fingerprint density at radius 1 is 1.21 bits per heavy atom. The second-order valence-electron chi connectivity index (χ2n) is 2.97. The molecule has 0 bridgehead atoms. The first-order chi connectivity index (χ1) is 6.77. The van der Waals surface area contributed by atoms with Gasteiger partial charge in [-0.25, -0.2) is 0 Å². The van der Waals surface area contributed by atoms with E-state index in [2.05, 4.69) is 0 Å². The zero-order chi connectivity index (χ0) is 9.97. The number of rotatable bonds is 2. The van der Waals surface area contributed by atoms with Gasteiger partial charge >= 0.3 is 7.12 Å². The Kier molecular flexibility index (Phi) is 2.86. The number of hydrogen-bond donors (Lipinski definition) is 0. The van der Waals surface area contributed by atoms with E-state index in [1.807, 2.05) is 0 Å². The lowest BCUT2D eigenvalue weighted by atomic mass is 9.79. The van der Waals surface area contributed by atoms with Crippen molar-refractivity contribution in [3.63, 3.8) is 0 Å². The predicted octanol–water partition coefficient (Wildman–Crippen LogP) is 0.808. The fourth-order valence-corrected chi connectivity index (χ4v) is 1.45. The molecule has 1 heterocycles. The number of hydrogen-bond acceptors (Lipinski definition) is 3. The number of carbonyl (C=O) groups excluding carboxylic acids is 1. The molecule has 0 unspecified atom stereocenters. The Labute approximate surface area is 87.1 Å². The van der Waals surface area contributed by atoms with Crippen molar-refractivity contribution in [1.29, 1.82) is 0 Å². The van der Waals surface area contributed by atoms with E-state index in [1.165, 1.54) is 0 Å². The fourth-order valence-electron chi connectivity index (χ4n) is 1.32. The minimum Gasteiger partial charge on any atom is -0.405 e. The number of benzene rings is 1. The Bertz CT molecular complexity index is 332. The van der Waals surface area contributed by atoms with Crippen LogP contribution in [-0.4, -0.2) is 25.6 Å². The van der Waals surface area contributed by atoms with Crippen molar-refractivity contribution in [2.45, 2.75) is 0 Å². The van der Waals surface area contributed by atoms with Crippen molar-refractivity contribution in [3.8, 4) is 0 Å². The molecule has 3 nitrogen and oxygen atoms in total. The Hall–Kier alpha value is -0.835. The van der Waals surface area contributed by atoms with Crippen LogP contribution in [0.15, 0.2) is 24.3 Å². The molecule has 1 aromatic carbocycles. The van der Waals surface area contributed by atoms with Gasteiger partial charge in [-0.1, -0.05) is 24.3 Å². The van der Waals surface area contributed by atoms with E-state index in [0.29, 0.717) is 18.8 Å². The van der Waals surface area contributed by atoms with Crippen molar-refractivity contribution >= 4 is 29.4 Å². The lowest BCUT2D eigenvalue weighted by Gasteiger charge is -2.03. The van der Waals surface area contributed by atoms with Crippen LogP contribution in [0.2, 0.25) is 0 Å². The summed E-state index contributed by atoms with van der Waals surface area (Å²) < 4.78 is 10.6. The van der Waals surface area contributed by atoms with E-state index >= 15 is 0 Å². The molecule has 0 radical (unpaired) electrons. The molecule has 14 heavy (non-hydrogen) atoms. The van der Waals surface area contributed by atoms with E-state index in [4.69, 9.17) is 20.9 Å². The Balaban J connectivity index is 2.16. The summed E-state index contributed by atoms with van der Waals surface area (Å²) in [6, 6.07) is 6.89. The molecule has 0 saturated carbocycles. The van der Waals surface area contributed by atoms with Crippen molar-refractivity contribution < 1.29 is 14.1 Å². The first-order valence-electron chi connectivity index (χ1n) is 4.30. The molecule has 1 aliphatic rings. The first-order valence-corrected chi connectivity index (χ1v) is 4.68. The quantitative estimate of drug-likeness (QED) is 0.535. The topological polar surface area (TPSA) is 35.5 Å². The van der Waals surface area contributed by atoms with Crippen LogP contribution in [0.5, 0.6) is 0 Å². The monoisotopic (exact) mass is 210 g/mol. The molecule has 0 N–H and O–H groups in total. The van der Waals surface area contributed by atoms with Crippen LogP contribution in [0, 0.1) is 0 Å². The molecule has 0 atom stereocenters. The van der Waals surface area contributed by atoms with Crippen molar-refractivity contribution in [2.24, 2.45) is 0 Å². The summed E-state index contributed by atoms with van der Waals surface area (Å²) in [5.41, 5.74) is 1.39. The largest absolute Gasteiger partial charge is 0.494 e. The Morgan fingerprint density at radius 3 is 2.29 bits per heavy atom. The van der Waals surface area contributed by atoms with Crippen LogP contribution in [-0.2, 0) is 9.31 Å². The highest BCUT2D eigenvalue weighted by atomic mass is 35.5. The van der Waals surface area contributed by atoms with Crippen LogP contribution in [0.1, 0.15) is 10.4 Å². The molecule has 0 spiro atoms. The lowest BCUT2D eigenvalue weighted by Crippen LogP contribution is -2.31. The molecule has 1 fully saturated rings. The van der Waals surface area contributed by atoms with Gasteiger partial charge in [0.1, 0.15) is 0 Å². The van der Waals surface area contributed by atoms with E-state index < -0.39 is 5.24 Å². The Morgan fingerprint density at radius 2 is 1.79 bits per heavy atom. The van der Waals surface area contributed by atoms with Crippen LogP contribution in [0.25, 0.3) is 0 Å². The van der Waals surface area contributed by atoms with Crippen molar-refractivity contribution in [3.05, 3.63) is 29.8 Å². The van der Waals surface area contributed by atoms with E-state index in [0.717, 1.165) is 5.46 Å². The van der Waals surface area contributed by atoms with Gasteiger partial charge in [-0.15, -0.1) is 0 Å². The summed E-state index contributed by atoms with van der Waals surface area (Å²) in [4.78, 5) is 10.8. The van der Waals surface area contributed by atoms with Crippen LogP contribution in [0.3, 0.4) is 0 Å². The van der Waals surface area contributed by atoms with Gasteiger partial charge in [-0.3, -0.25) is 4.79 Å². The molecular weight excluding hydrogens is 202 g/mol. The maximum atomic E-state index is 10.8. The van der Waals surface area contributed by atoms with Gasteiger partial charge in [0.15, 0.2) is 0 Å². The summed E-state index contributed by atoms with van der Waals surface area (Å²) in [5.74, 6) is 0. The first kappa shape index (κ1) is 9.71. The van der Waals surface area contributed by atoms with Crippen LogP contribution < -0.4 is 5.46 Å². The SMILES string of the molecule is O=C(Cl)c1ccc(B2OCCO2)cc1. The highest BCUT2D eigenvalue weighted by Gasteiger charge is 2.25. The smallest absolute Gasteiger partial charge is 0.405 e. The van der Waals surface area contributed by atoms with Gasteiger partial charge in [-0.05, 0) is 17.1 Å². The van der Waals surface area contributed by atoms with E-state index in [1.54, 1.807) is 24.3 Å². The van der Waals surface area contributed by atoms with Gasteiger partial charge in [0, 0.05) is 5.56 Å². The minimum atomic E-state index is -0.454. The zero-order valence-corrected chi connectivity index (χ0v) is 8.16. The second-order valence-corrected chi connectivity index (χ2v) is 3.31. The zero-order valence-electron chi connectivity index (χ0n) is 7.40. The predicted molar refractivity (Wildman–Crippen MR) is 53.9 cm³/mol. The maximum absolute atomic E-state index is 10.8. The summed E-state index contributed by atoms with van der Waals surface area (Å²) >= 11 is 5.31. The minimum absolute atomic E-state index is 0.297. The van der Waals surface area contributed by atoms with Crippen molar-refractivity contribution in [1.82, 2.24) is 0 Å². The van der Waals surface area contributed by atoms with Gasteiger partial charge in [0.25, 0.3) is 5.24 Å². The molecule has 0 aromatic heterocycles. The number of halogens is 1. The van der Waals surface area contributed by atoms with Gasteiger partial charge < -0.3 is 9.31 Å². The summed E-state index contributed by atoms with van der Waals surface area (Å²) in [5, 5.41) is -0.454. The molecule has 1 aliphatic heterocycles. The third-order valence-electron chi connectivity index (χ3n) is 2.03. The highest BCUT2D eigenvalue weighted by Crippen LogP contribution is 2.05. The maximum Gasteiger partial charge on any atom is 0.494 e. The van der Waals surface area contributed by atoms with Crippen molar-refractivity contribution in [2.75, 3.05) is 13.2 Å². The molecule has 5 heteroatoms. The molecule has 0 aliphatic carbocycles. The molecule has 1 saturated heterocycles. The lowest BCUT2D eigenvalue weighted by molar-refractivity contribution is 0.108. The van der Waals surface area contributed by atoms with Gasteiger partial charge in [-0.2, -0.15) is 0 Å². The second kappa shape index (κ2) is 4.13.